The van der Waals surface area contributed by atoms with Gasteiger partial charge in [-0.25, -0.2) is 13.6 Å². The van der Waals surface area contributed by atoms with Crippen LogP contribution in [-0.4, -0.2) is 25.3 Å². The van der Waals surface area contributed by atoms with Crippen molar-refractivity contribution in [1.82, 2.24) is 9.78 Å². The lowest BCUT2D eigenvalue weighted by Gasteiger charge is -2.03. The van der Waals surface area contributed by atoms with Crippen molar-refractivity contribution in [2.45, 2.75) is 11.4 Å². The molecule has 0 saturated heterocycles. The molecule has 0 amide bonds. The topological polar surface area (TPSA) is 87.2 Å². The summed E-state index contributed by atoms with van der Waals surface area (Å²) < 4.78 is 30.0. The molecule has 1 aromatic heterocycles. The summed E-state index contributed by atoms with van der Waals surface area (Å²) in [5, 5.41) is 10.2. The molecule has 0 radical (unpaired) electrons. The van der Waals surface area contributed by atoms with Gasteiger partial charge in [0.2, 0.25) is 10.0 Å². The van der Waals surface area contributed by atoms with E-state index >= 15 is 0 Å². The minimum absolute atomic E-state index is 0.0889. The highest BCUT2D eigenvalue weighted by Gasteiger charge is 2.14. The van der Waals surface area contributed by atoms with E-state index in [9.17, 15) is 8.42 Å². The van der Waals surface area contributed by atoms with E-state index in [-0.39, 0.29) is 4.90 Å². The number of nitrogens with two attached hydrogens (primary N) is 1. The lowest BCUT2D eigenvalue weighted by molar-refractivity contribution is 0.414. The number of hydrogen-bond donors (Lipinski definition) is 1. The molecule has 0 saturated carbocycles. The average Bonchev–Trinajstić information content (AvgIpc) is 2.89. The molecule has 0 aliphatic rings. The third kappa shape index (κ3) is 2.81. The highest BCUT2D eigenvalue weighted by molar-refractivity contribution is 7.89. The molecular weight excluding hydrogens is 302 g/mol. The second-order valence-electron chi connectivity index (χ2n) is 4.91. The molecule has 0 unspecified atom stereocenters. The van der Waals surface area contributed by atoms with Gasteiger partial charge in [-0.2, -0.15) is 5.10 Å². The number of nitrogens with zero attached hydrogens (tertiary/aromatic N) is 2. The third-order valence-corrected chi connectivity index (χ3v) is 4.34. The molecule has 6 nitrogen and oxygen atoms in total. The fourth-order valence-electron chi connectivity index (χ4n) is 2.31. The van der Waals surface area contributed by atoms with Gasteiger partial charge in [0.05, 0.1) is 24.1 Å². The summed E-state index contributed by atoms with van der Waals surface area (Å²) in [7, 11) is -2.15. The molecule has 3 aromatic rings. The zero-order chi connectivity index (χ0) is 15.7. The quantitative estimate of drug-likeness (QED) is 0.794. The molecule has 0 atom stereocenters. The van der Waals surface area contributed by atoms with Crippen LogP contribution in [0.3, 0.4) is 0 Å². The van der Waals surface area contributed by atoms with Crippen LogP contribution in [0.1, 0.15) is 5.56 Å². The van der Waals surface area contributed by atoms with Gasteiger partial charge in [0.25, 0.3) is 0 Å². The van der Waals surface area contributed by atoms with E-state index in [2.05, 4.69) is 5.10 Å². The number of aromatic nitrogens is 2. The summed E-state index contributed by atoms with van der Waals surface area (Å²) in [5.74, 6) is 0.783. The first-order valence-electron chi connectivity index (χ1n) is 6.59. The zero-order valence-corrected chi connectivity index (χ0v) is 12.7. The Bertz CT molecular complexity index is 915. The summed E-state index contributed by atoms with van der Waals surface area (Å²) in [6.07, 6.45) is 1.69. The maximum absolute atomic E-state index is 11.6. The van der Waals surface area contributed by atoms with E-state index in [1.165, 1.54) is 6.07 Å². The van der Waals surface area contributed by atoms with Gasteiger partial charge >= 0.3 is 0 Å². The summed E-state index contributed by atoms with van der Waals surface area (Å²) >= 11 is 0. The highest BCUT2D eigenvalue weighted by atomic mass is 32.2. The monoisotopic (exact) mass is 317 g/mol. The Morgan fingerprint density at radius 1 is 1.18 bits per heavy atom. The minimum Gasteiger partial charge on any atom is -0.497 e. The van der Waals surface area contributed by atoms with Crippen molar-refractivity contribution in [3.8, 4) is 5.75 Å². The van der Waals surface area contributed by atoms with Crippen molar-refractivity contribution >= 4 is 20.9 Å². The molecule has 0 spiro atoms. The number of benzene rings is 2. The molecule has 0 fully saturated rings. The first kappa shape index (κ1) is 14.6. The van der Waals surface area contributed by atoms with E-state index < -0.39 is 10.0 Å². The summed E-state index contributed by atoms with van der Waals surface area (Å²) in [6.45, 7) is 0.530. The van der Waals surface area contributed by atoms with Crippen molar-refractivity contribution in [3.05, 3.63) is 54.2 Å². The van der Waals surface area contributed by atoms with Crippen molar-refractivity contribution in [2.24, 2.45) is 5.14 Å². The van der Waals surface area contributed by atoms with Crippen molar-refractivity contribution in [2.75, 3.05) is 7.11 Å². The summed E-state index contributed by atoms with van der Waals surface area (Å²) in [4.78, 5) is 0.0889. The van der Waals surface area contributed by atoms with Gasteiger partial charge in [-0.3, -0.25) is 4.68 Å². The van der Waals surface area contributed by atoms with Gasteiger partial charge in [0.1, 0.15) is 5.75 Å². The first-order valence-corrected chi connectivity index (χ1v) is 8.14. The third-order valence-electron chi connectivity index (χ3n) is 3.37. The van der Waals surface area contributed by atoms with Gasteiger partial charge in [-0.05, 0) is 29.8 Å². The van der Waals surface area contributed by atoms with Crippen molar-refractivity contribution in [3.63, 3.8) is 0 Å². The van der Waals surface area contributed by atoms with Crippen LogP contribution in [0.4, 0.5) is 0 Å². The van der Waals surface area contributed by atoms with E-state index in [1.54, 1.807) is 30.1 Å². The lowest BCUT2D eigenvalue weighted by Crippen LogP contribution is -2.12. The molecule has 2 aromatic carbocycles. The van der Waals surface area contributed by atoms with E-state index in [4.69, 9.17) is 9.88 Å². The number of sulfonamides is 1. The number of rotatable bonds is 4. The van der Waals surface area contributed by atoms with Crippen LogP contribution in [0.15, 0.2) is 53.6 Å². The lowest BCUT2D eigenvalue weighted by atomic mass is 10.2. The molecular formula is C15H15N3O3S. The Morgan fingerprint density at radius 2 is 1.91 bits per heavy atom. The fraction of sp³-hybridized carbons (Fsp3) is 0.133. The highest BCUT2D eigenvalue weighted by Crippen LogP contribution is 2.21. The molecule has 114 valence electrons. The van der Waals surface area contributed by atoms with E-state index in [0.717, 1.165) is 11.3 Å². The van der Waals surface area contributed by atoms with Gasteiger partial charge < -0.3 is 4.74 Å². The predicted octanol–water partition coefficient (Wildman–Crippen LogP) is 1.74. The van der Waals surface area contributed by atoms with Crippen molar-refractivity contribution < 1.29 is 13.2 Å². The van der Waals surface area contributed by atoms with Crippen LogP contribution < -0.4 is 9.88 Å². The standard InChI is InChI=1S/C15H15N3O3S/c1-21-12-7-5-11(6-8-12)9-18-10-13-14(17-18)3-2-4-15(13)22(16,19)20/h2-8,10H,9H2,1H3,(H2,16,19,20). The maximum atomic E-state index is 11.6. The van der Waals surface area contributed by atoms with Gasteiger partial charge in [0, 0.05) is 11.6 Å². The fourth-order valence-corrected chi connectivity index (χ4v) is 3.04. The van der Waals surface area contributed by atoms with E-state index in [1.807, 2.05) is 24.3 Å². The van der Waals surface area contributed by atoms with Crippen LogP contribution in [0.5, 0.6) is 5.75 Å². The average molecular weight is 317 g/mol. The molecule has 1 heterocycles. The van der Waals surface area contributed by atoms with Crippen LogP contribution in [0.25, 0.3) is 10.9 Å². The SMILES string of the molecule is COc1ccc(Cn2cc3c(S(N)(=O)=O)cccc3n2)cc1. The summed E-state index contributed by atoms with van der Waals surface area (Å²) in [5.41, 5.74) is 1.63. The number of fused-ring (bicyclic) bond motifs is 1. The molecule has 3 rings (SSSR count). The molecule has 0 aliphatic carbocycles. The Labute approximate surface area is 128 Å². The van der Waals surface area contributed by atoms with Crippen LogP contribution in [-0.2, 0) is 16.6 Å². The van der Waals surface area contributed by atoms with Gasteiger partial charge in [-0.1, -0.05) is 18.2 Å². The molecule has 7 heteroatoms. The summed E-state index contributed by atoms with van der Waals surface area (Å²) in [6, 6.07) is 12.5. The smallest absolute Gasteiger partial charge is 0.238 e. The molecule has 0 bridgehead atoms. The Morgan fingerprint density at radius 3 is 2.55 bits per heavy atom. The number of hydrogen-bond acceptors (Lipinski definition) is 4. The Hall–Kier alpha value is -2.38. The largest absolute Gasteiger partial charge is 0.497 e. The predicted molar refractivity (Wildman–Crippen MR) is 83.2 cm³/mol. The van der Waals surface area contributed by atoms with Gasteiger partial charge in [-0.15, -0.1) is 0 Å². The Kier molecular flexibility index (Phi) is 3.59. The zero-order valence-electron chi connectivity index (χ0n) is 11.9. The Balaban J connectivity index is 1.98. The second-order valence-corrected chi connectivity index (χ2v) is 6.44. The molecule has 0 aliphatic heterocycles. The van der Waals surface area contributed by atoms with E-state index in [0.29, 0.717) is 17.4 Å². The van der Waals surface area contributed by atoms with Gasteiger partial charge in [0.15, 0.2) is 0 Å². The normalized spacial score (nSPS) is 11.7. The number of ether oxygens (including phenoxy) is 1. The van der Waals surface area contributed by atoms with Crippen LogP contribution in [0, 0.1) is 0 Å². The first-order chi connectivity index (χ1) is 10.5. The number of methoxy groups -OCH3 is 1. The van der Waals surface area contributed by atoms with Crippen LogP contribution in [0.2, 0.25) is 0 Å². The molecule has 2 N–H and O–H groups in total. The second kappa shape index (κ2) is 5.43. The number of primary sulfonamides is 1. The maximum Gasteiger partial charge on any atom is 0.238 e. The van der Waals surface area contributed by atoms with Crippen LogP contribution >= 0.6 is 0 Å². The minimum atomic E-state index is -3.77. The molecule has 22 heavy (non-hydrogen) atoms. The van der Waals surface area contributed by atoms with Crippen molar-refractivity contribution in [1.29, 1.82) is 0 Å².